The van der Waals surface area contributed by atoms with Gasteiger partial charge in [0.25, 0.3) is 5.56 Å². The summed E-state index contributed by atoms with van der Waals surface area (Å²) in [7, 11) is 0. The van der Waals surface area contributed by atoms with Crippen LogP contribution >= 0.6 is 0 Å². The fourth-order valence-corrected chi connectivity index (χ4v) is 2.49. The van der Waals surface area contributed by atoms with Gasteiger partial charge in [-0.25, -0.2) is 0 Å². The average molecular weight is 254 g/mol. The Hall–Kier alpha value is -2.33. The van der Waals surface area contributed by atoms with E-state index in [0.717, 1.165) is 16.3 Å². The summed E-state index contributed by atoms with van der Waals surface area (Å²) in [6.45, 7) is 0.210. The Bertz CT molecular complexity index is 821. The molecular weight excluding hydrogens is 240 g/mol. The van der Waals surface area contributed by atoms with Crippen molar-refractivity contribution in [2.75, 3.05) is 12.3 Å². The summed E-state index contributed by atoms with van der Waals surface area (Å²) in [4.78, 5) is 12.4. The molecule has 2 aromatic carbocycles. The Morgan fingerprint density at radius 3 is 2.53 bits per heavy atom. The Morgan fingerprint density at radius 2 is 1.79 bits per heavy atom. The number of rotatable bonds is 2. The first-order chi connectivity index (χ1) is 9.22. The van der Waals surface area contributed by atoms with Crippen LogP contribution in [0.2, 0.25) is 0 Å². The molecule has 96 valence electrons. The van der Waals surface area contributed by atoms with E-state index >= 15 is 0 Å². The molecule has 0 aliphatic heterocycles. The molecule has 0 radical (unpaired) electrons. The summed E-state index contributed by atoms with van der Waals surface area (Å²) < 4.78 is 1.59. The lowest BCUT2D eigenvalue weighted by atomic mass is 10.1. The third-order valence-corrected chi connectivity index (χ3v) is 3.33. The van der Waals surface area contributed by atoms with Gasteiger partial charge in [-0.15, -0.1) is 0 Å². The van der Waals surface area contributed by atoms with Crippen molar-refractivity contribution in [3.05, 3.63) is 52.8 Å². The zero-order chi connectivity index (χ0) is 13.4. The minimum absolute atomic E-state index is 0.0717. The van der Waals surface area contributed by atoms with Crippen LogP contribution in [-0.4, -0.2) is 16.3 Å². The van der Waals surface area contributed by atoms with Crippen molar-refractivity contribution in [3.8, 4) is 0 Å². The highest BCUT2D eigenvalue weighted by atomic mass is 16.3. The Labute approximate surface area is 109 Å². The van der Waals surface area contributed by atoms with Crippen LogP contribution in [0.15, 0.2) is 47.3 Å². The van der Waals surface area contributed by atoms with Gasteiger partial charge < -0.3 is 15.4 Å². The lowest BCUT2D eigenvalue weighted by molar-refractivity contribution is 0.276. The standard InChI is InChI=1S/C15H14N2O2/c16-10-5-6-14-13(9-10)11-3-1-2-4-12(11)15(19)17(14)7-8-18/h1-6,9,18H,7-8,16H2. The molecular formula is C15H14N2O2. The number of fused-ring (bicyclic) bond motifs is 3. The molecule has 4 nitrogen and oxygen atoms in total. The van der Waals surface area contributed by atoms with E-state index in [9.17, 15) is 4.79 Å². The van der Waals surface area contributed by atoms with Crippen LogP contribution in [-0.2, 0) is 6.54 Å². The lowest BCUT2D eigenvalue weighted by Gasteiger charge is -2.12. The van der Waals surface area contributed by atoms with Crippen LogP contribution < -0.4 is 11.3 Å². The fraction of sp³-hybridized carbons (Fsp3) is 0.133. The van der Waals surface area contributed by atoms with Gasteiger partial charge in [-0.1, -0.05) is 18.2 Å². The second kappa shape index (κ2) is 4.40. The number of aromatic nitrogens is 1. The van der Waals surface area contributed by atoms with Gasteiger partial charge in [0.2, 0.25) is 0 Å². The van der Waals surface area contributed by atoms with Gasteiger partial charge in [0.15, 0.2) is 0 Å². The molecule has 0 atom stereocenters. The van der Waals surface area contributed by atoms with E-state index in [4.69, 9.17) is 10.8 Å². The van der Waals surface area contributed by atoms with Crippen molar-refractivity contribution in [2.24, 2.45) is 0 Å². The van der Waals surface area contributed by atoms with E-state index in [0.29, 0.717) is 11.1 Å². The van der Waals surface area contributed by atoms with E-state index in [1.165, 1.54) is 0 Å². The van der Waals surface area contributed by atoms with Crippen molar-refractivity contribution in [3.63, 3.8) is 0 Å². The summed E-state index contributed by atoms with van der Waals surface area (Å²) in [5, 5.41) is 11.6. The third-order valence-electron chi connectivity index (χ3n) is 3.33. The lowest BCUT2D eigenvalue weighted by Crippen LogP contribution is -2.22. The molecule has 3 aromatic rings. The molecule has 0 spiro atoms. The molecule has 1 heterocycles. The van der Waals surface area contributed by atoms with Gasteiger partial charge >= 0.3 is 0 Å². The summed E-state index contributed by atoms with van der Waals surface area (Å²) >= 11 is 0. The third kappa shape index (κ3) is 1.77. The quantitative estimate of drug-likeness (QED) is 0.540. The first-order valence-electron chi connectivity index (χ1n) is 6.14. The molecule has 4 heteroatoms. The number of nitrogens with zero attached hydrogens (tertiary/aromatic N) is 1. The summed E-state index contributed by atoms with van der Waals surface area (Å²) in [6.07, 6.45) is 0. The largest absolute Gasteiger partial charge is 0.399 e. The van der Waals surface area contributed by atoms with Crippen LogP contribution in [0.4, 0.5) is 5.69 Å². The first-order valence-corrected chi connectivity index (χ1v) is 6.14. The highest BCUT2D eigenvalue weighted by molar-refractivity contribution is 6.06. The van der Waals surface area contributed by atoms with Crippen molar-refractivity contribution in [1.29, 1.82) is 0 Å². The normalized spacial score (nSPS) is 11.2. The van der Waals surface area contributed by atoms with Crippen LogP contribution in [0.1, 0.15) is 0 Å². The summed E-state index contributed by atoms with van der Waals surface area (Å²) in [5.74, 6) is 0. The number of aliphatic hydroxyl groups is 1. The van der Waals surface area contributed by atoms with Crippen molar-refractivity contribution in [1.82, 2.24) is 4.57 Å². The van der Waals surface area contributed by atoms with Crippen LogP contribution in [0, 0.1) is 0 Å². The minimum Gasteiger partial charge on any atom is -0.399 e. The van der Waals surface area contributed by atoms with E-state index in [1.807, 2.05) is 30.3 Å². The van der Waals surface area contributed by atoms with Crippen molar-refractivity contribution < 1.29 is 5.11 Å². The maximum absolute atomic E-state index is 12.4. The number of nitrogen functional groups attached to an aromatic ring is 1. The number of benzene rings is 2. The topological polar surface area (TPSA) is 68.2 Å². The number of anilines is 1. The first kappa shape index (κ1) is 11.7. The Balaban J connectivity index is 2.58. The SMILES string of the molecule is Nc1ccc2c(c1)c1ccccc1c(=O)n2CCO. The number of hydrogen-bond acceptors (Lipinski definition) is 3. The highest BCUT2D eigenvalue weighted by Crippen LogP contribution is 2.24. The van der Waals surface area contributed by atoms with Gasteiger partial charge in [-0.2, -0.15) is 0 Å². The van der Waals surface area contributed by atoms with Gasteiger partial charge in [-0.3, -0.25) is 4.79 Å². The van der Waals surface area contributed by atoms with Gasteiger partial charge in [0, 0.05) is 23.0 Å². The van der Waals surface area contributed by atoms with E-state index in [2.05, 4.69) is 0 Å². The van der Waals surface area contributed by atoms with Crippen LogP contribution in [0.3, 0.4) is 0 Å². The Kier molecular flexibility index (Phi) is 2.72. The molecule has 0 aliphatic carbocycles. The average Bonchev–Trinajstić information content (AvgIpc) is 2.44. The smallest absolute Gasteiger partial charge is 0.258 e. The fourth-order valence-electron chi connectivity index (χ4n) is 2.49. The van der Waals surface area contributed by atoms with E-state index < -0.39 is 0 Å². The number of nitrogens with two attached hydrogens (primary N) is 1. The van der Waals surface area contributed by atoms with E-state index in [1.54, 1.807) is 16.7 Å². The molecule has 0 saturated heterocycles. The van der Waals surface area contributed by atoms with Gasteiger partial charge in [-0.05, 0) is 29.7 Å². The molecule has 3 rings (SSSR count). The molecule has 0 amide bonds. The summed E-state index contributed by atoms with van der Waals surface area (Å²) in [5.41, 5.74) is 7.22. The molecule has 0 bridgehead atoms. The molecule has 0 aliphatic rings. The second-order valence-corrected chi connectivity index (χ2v) is 4.50. The maximum atomic E-state index is 12.4. The highest BCUT2D eigenvalue weighted by Gasteiger charge is 2.09. The minimum atomic E-state index is -0.0816. The monoisotopic (exact) mass is 254 g/mol. The maximum Gasteiger partial charge on any atom is 0.258 e. The number of aliphatic hydroxyl groups excluding tert-OH is 1. The van der Waals surface area contributed by atoms with Crippen LogP contribution in [0.5, 0.6) is 0 Å². The molecule has 0 saturated carbocycles. The number of hydrogen-bond donors (Lipinski definition) is 2. The molecule has 1 aromatic heterocycles. The number of pyridine rings is 1. The molecule has 19 heavy (non-hydrogen) atoms. The molecule has 3 N–H and O–H groups in total. The second-order valence-electron chi connectivity index (χ2n) is 4.50. The molecule has 0 fully saturated rings. The summed E-state index contributed by atoms with van der Waals surface area (Å²) in [6, 6.07) is 12.9. The van der Waals surface area contributed by atoms with Crippen molar-refractivity contribution in [2.45, 2.75) is 6.54 Å². The predicted octanol–water partition coefficient (Wildman–Crippen LogP) is 1.73. The van der Waals surface area contributed by atoms with Gasteiger partial charge in [0.05, 0.1) is 12.1 Å². The van der Waals surface area contributed by atoms with E-state index in [-0.39, 0.29) is 18.7 Å². The van der Waals surface area contributed by atoms with Crippen molar-refractivity contribution >= 4 is 27.4 Å². The molecule has 0 unspecified atom stereocenters. The van der Waals surface area contributed by atoms with Crippen LogP contribution in [0.25, 0.3) is 21.7 Å². The van der Waals surface area contributed by atoms with Gasteiger partial charge in [0.1, 0.15) is 0 Å². The predicted molar refractivity (Wildman–Crippen MR) is 77.2 cm³/mol. The zero-order valence-corrected chi connectivity index (χ0v) is 10.3. The Morgan fingerprint density at radius 1 is 1.05 bits per heavy atom. The zero-order valence-electron chi connectivity index (χ0n) is 10.3.